The maximum absolute atomic E-state index is 13.5. The number of halogens is 2. The van der Waals surface area contributed by atoms with Crippen LogP contribution in [-0.4, -0.2) is 11.8 Å². The second kappa shape index (κ2) is 7.57. The van der Waals surface area contributed by atoms with Crippen molar-refractivity contribution in [1.29, 1.82) is 0 Å². The summed E-state index contributed by atoms with van der Waals surface area (Å²) < 4.78 is 14.5. The Hall–Kier alpha value is -1.53. The molecule has 1 aliphatic heterocycles. The van der Waals surface area contributed by atoms with E-state index >= 15 is 0 Å². The van der Waals surface area contributed by atoms with Gasteiger partial charge in [0.1, 0.15) is 5.82 Å². The molecule has 0 bridgehead atoms. The summed E-state index contributed by atoms with van der Waals surface area (Å²) in [6.45, 7) is 1.94. The molecule has 0 saturated carbocycles. The summed E-state index contributed by atoms with van der Waals surface area (Å²) in [6.07, 6.45) is 0.793. The molecule has 2 atom stereocenters. The highest BCUT2D eigenvalue weighted by molar-refractivity contribution is 9.10. The molecule has 24 heavy (non-hydrogen) atoms. The first-order valence-electron chi connectivity index (χ1n) is 7.77. The molecule has 0 aromatic heterocycles. The lowest BCUT2D eigenvalue weighted by atomic mass is 10.0. The van der Waals surface area contributed by atoms with Gasteiger partial charge in [-0.1, -0.05) is 28.1 Å². The van der Waals surface area contributed by atoms with E-state index in [1.165, 1.54) is 12.1 Å². The fraction of sp³-hybridized carbons (Fsp3) is 0.278. The van der Waals surface area contributed by atoms with Crippen molar-refractivity contribution in [2.75, 3.05) is 5.75 Å². The van der Waals surface area contributed by atoms with Gasteiger partial charge < -0.3 is 10.6 Å². The summed E-state index contributed by atoms with van der Waals surface area (Å²) in [5.41, 5.74) is 1.89. The van der Waals surface area contributed by atoms with Crippen molar-refractivity contribution in [3.8, 4) is 0 Å². The van der Waals surface area contributed by atoms with Crippen LogP contribution in [0.3, 0.4) is 0 Å². The van der Waals surface area contributed by atoms with Gasteiger partial charge in [-0.25, -0.2) is 9.18 Å². The van der Waals surface area contributed by atoms with Crippen LogP contribution in [0.1, 0.15) is 36.6 Å². The number of carbonyl (C=O) groups excluding carboxylic acids is 1. The number of hydrogen-bond acceptors (Lipinski definition) is 2. The van der Waals surface area contributed by atoms with E-state index in [1.54, 1.807) is 17.8 Å². The van der Waals surface area contributed by atoms with E-state index in [2.05, 4.69) is 26.6 Å². The first-order chi connectivity index (χ1) is 11.5. The van der Waals surface area contributed by atoms with Crippen molar-refractivity contribution >= 4 is 33.7 Å². The van der Waals surface area contributed by atoms with E-state index in [0.717, 1.165) is 32.7 Å². The zero-order valence-electron chi connectivity index (χ0n) is 13.2. The Balaban J connectivity index is 1.65. The number of carbonyl (C=O) groups is 1. The smallest absolute Gasteiger partial charge is 0.315 e. The Morgan fingerprint density at radius 1 is 1.29 bits per heavy atom. The van der Waals surface area contributed by atoms with Crippen LogP contribution in [0.25, 0.3) is 0 Å². The van der Waals surface area contributed by atoms with Crippen molar-refractivity contribution in [2.24, 2.45) is 0 Å². The molecule has 2 aromatic carbocycles. The van der Waals surface area contributed by atoms with Crippen LogP contribution in [-0.2, 0) is 0 Å². The van der Waals surface area contributed by atoms with Gasteiger partial charge in [-0.3, -0.25) is 0 Å². The molecule has 3 nitrogen and oxygen atoms in total. The van der Waals surface area contributed by atoms with Gasteiger partial charge in [0.25, 0.3) is 0 Å². The molecule has 2 N–H and O–H groups in total. The number of thioether (sulfide) groups is 1. The molecular formula is C18H18BrFN2OS. The number of benzene rings is 2. The Bertz CT molecular complexity index is 738. The van der Waals surface area contributed by atoms with Crippen molar-refractivity contribution < 1.29 is 9.18 Å². The lowest BCUT2D eigenvalue weighted by molar-refractivity contribution is 0.233. The summed E-state index contributed by atoms with van der Waals surface area (Å²) in [6, 6.07) is 12.1. The Morgan fingerprint density at radius 3 is 2.79 bits per heavy atom. The zero-order valence-corrected chi connectivity index (χ0v) is 15.6. The maximum atomic E-state index is 13.5. The molecule has 126 valence electrons. The van der Waals surface area contributed by atoms with Crippen LogP contribution in [0.15, 0.2) is 51.8 Å². The third kappa shape index (κ3) is 4.11. The predicted molar refractivity (Wildman–Crippen MR) is 98.7 cm³/mol. The summed E-state index contributed by atoms with van der Waals surface area (Å²) in [4.78, 5) is 13.4. The van der Waals surface area contributed by atoms with Crippen LogP contribution in [0, 0.1) is 5.82 Å². The average Bonchev–Trinajstić information content (AvgIpc) is 2.56. The normalized spacial score (nSPS) is 17.7. The number of amides is 2. The van der Waals surface area contributed by atoms with E-state index in [-0.39, 0.29) is 23.9 Å². The lowest BCUT2D eigenvalue weighted by Gasteiger charge is -2.27. The fourth-order valence-corrected chi connectivity index (χ4v) is 4.12. The minimum atomic E-state index is -0.272. The quantitative estimate of drug-likeness (QED) is 0.733. The zero-order chi connectivity index (χ0) is 17.1. The standard InChI is InChI=1S/C18H18BrFN2OS/c1-11(12-2-4-13(19)5-3-12)21-18(23)22-16-8-9-24-17-7-6-14(20)10-15(16)17/h2-7,10-11,16H,8-9H2,1H3,(H2,21,22,23). The molecule has 2 aromatic rings. The predicted octanol–water partition coefficient (Wildman–Crippen LogP) is 5.19. The first-order valence-corrected chi connectivity index (χ1v) is 9.55. The molecule has 0 aliphatic carbocycles. The first kappa shape index (κ1) is 17.3. The van der Waals surface area contributed by atoms with E-state index in [1.807, 2.05) is 31.2 Å². The summed E-state index contributed by atoms with van der Waals surface area (Å²) in [7, 11) is 0. The molecule has 2 unspecified atom stereocenters. The van der Waals surface area contributed by atoms with Crippen molar-refractivity contribution in [3.63, 3.8) is 0 Å². The average molecular weight is 409 g/mol. The number of hydrogen-bond donors (Lipinski definition) is 2. The molecule has 6 heteroatoms. The number of rotatable bonds is 3. The van der Waals surface area contributed by atoms with Crippen molar-refractivity contribution in [1.82, 2.24) is 10.6 Å². The Morgan fingerprint density at radius 2 is 2.04 bits per heavy atom. The number of nitrogens with one attached hydrogen (secondary N) is 2. The van der Waals surface area contributed by atoms with Crippen LogP contribution < -0.4 is 10.6 Å². The largest absolute Gasteiger partial charge is 0.332 e. The second-order valence-electron chi connectivity index (χ2n) is 5.76. The third-order valence-electron chi connectivity index (χ3n) is 4.03. The molecule has 0 saturated heterocycles. The molecular weight excluding hydrogens is 391 g/mol. The van der Waals surface area contributed by atoms with Crippen LogP contribution in [0.4, 0.5) is 9.18 Å². The lowest BCUT2D eigenvalue weighted by Crippen LogP contribution is -2.40. The minimum absolute atomic E-state index is 0.108. The monoisotopic (exact) mass is 408 g/mol. The maximum Gasteiger partial charge on any atom is 0.315 e. The van der Waals surface area contributed by atoms with Crippen LogP contribution >= 0.6 is 27.7 Å². The van der Waals surface area contributed by atoms with Crippen molar-refractivity contribution in [2.45, 2.75) is 30.3 Å². The molecule has 0 radical (unpaired) electrons. The summed E-state index contributed by atoms with van der Waals surface area (Å²) >= 11 is 5.10. The van der Waals surface area contributed by atoms with Gasteiger partial charge in [0.05, 0.1) is 12.1 Å². The Labute approximate surface area is 153 Å². The molecule has 1 aliphatic rings. The number of fused-ring (bicyclic) bond motifs is 1. The molecule has 1 heterocycles. The topological polar surface area (TPSA) is 41.1 Å². The molecule has 0 fully saturated rings. The van der Waals surface area contributed by atoms with Gasteiger partial charge in [-0.15, -0.1) is 11.8 Å². The van der Waals surface area contributed by atoms with Gasteiger partial charge in [0, 0.05) is 15.1 Å². The summed E-state index contributed by atoms with van der Waals surface area (Å²) in [5, 5.41) is 5.92. The molecule has 2 amide bonds. The molecule has 3 rings (SSSR count). The highest BCUT2D eigenvalue weighted by atomic mass is 79.9. The Kier molecular flexibility index (Phi) is 5.46. The van der Waals surface area contributed by atoms with E-state index < -0.39 is 0 Å². The SMILES string of the molecule is CC(NC(=O)NC1CCSc2ccc(F)cc21)c1ccc(Br)cc1. The summed E-state index contributed by atoms with van der Waals surface area (Å²) in [5.74, 6) is 0.637. The van der Waals surface area contributed by atoms with E-state index in [9.17, 15) is 9.18 Å². The fourth-order valence-electron chi connectivity index (χ4n) is 2.75. The van der Waals surface area contributed by atoms with Crippen LogP contribution in [0.5, 0.6) is 0 Å². The van der Waals surface area contributed by atoms with Gasteiger partial charge in [0.15, 0.2) is 0 Å². The van der Waals surface area contributed by atoms with Gasteiger partial charge in [0.2, 0.25) is 0 Å². The van der Waals surface area contributed by atoms with E-state index in [4.69, 9.17) is 0 Å². The third-order valence-corrected chi connectivity index (χ3v) is 5.69. The van der Waals surface area contributed by atoms with Gasteiger partial charge in [-0.2, -0.15) is 0 Å². The second-order valence-corrected chi connectivity index (χ2v) is 7.82. The highest BCUT2D eigenvalue weighted by Crippen LogP contribution is 2.36. The van der Waals surface area contributed by atoms with E-state index in [0.29, 0.717) is 0 Å². The van der Waals surface area contributed by atoms with Crippen LogP contribution in [0.2, 0.25) is 0 Å². The molecule has 0 spiro atoms. The van der Waals surface area contributed by atoms with Crippen molar-refractivity contribution in [3.05, 3.63) is 63.9 Å². The number of urea groups is 1. The minimum Gasteiger partial charge on any atom is -0.332 e. The van der Waals surface area contributed by atoms with Gasteiger partial charge in [-0.05, 0) is 54.8 Å². The highest BCUT2D eigenvalue weighted by Gasteiger charge is 2.23. The van der Waals surface area contributed by atoms with Gasteiger partial charge >= 0.3 is 6.03 Å².